The van der Waals surface area contributed by atoms with Gasteiger partial charge in [0.15, 0.2) is 0 Å². The zero-order chi connectivity index (χ0) is 25.8. The van der Waals surface area contributed by atoms with Gasteiger partial charge < -0.3 is 18.1 Å². The standard InChI is InChI=1S/C26H18F4N4O3/c27-23-11-19(26(28,29)30)5-1-17(23)4-8-24-32-21(15-36-24)14-35-22-6-2-18(3-7-22)25-33-20(13-37-25)12-34-10-9-31-16-34/h1-11,13,15-16H,12,14H2/b8-4+. The lowest BCUT2D eigenvalue weighted by Crippen LogP contribution is -2.05. The normalized spacial score (nSPS) is 11.9. The smallest absolute Gasteiger partial charge is 0.416 e. The molecule has 5 aromatic rings. The Morgan fingerprint density at radius 3 is 2.49 bits per heavy atom. The highest BCUT2D eigenvalue weighted by Gasteiger charge is 2.31. The molecule has 3 aromatic heterocycles. The number of aromatic nitrogens is 4. The molecule has 0 saturated heterocycles. The van der Waals surface area contributed by atoms with Crippen molar-refractivity contribution in [1.29, 1.82) is 0 Å². The number of hydrogen-bond acceptors (Lipinski definition) is 6. The van der Waals surface area contributed by atoms with E-state index in [0.717, 1.165) is 23.4 Å². The van der Waals surface area contributed by atoms with Crippen molar-refractivity contribution in [1.82, 2.24) is 19.5 Å². The van der Waals surface area contributed by atoms with Crippen LogP contribution in [-0.2, 0) is 19.3 Å². The van der Waals surface area contributed by atoms with E-state index in [2.05, 4.69) is 15.0 Å². The molecule has 0 unspecified atom stereocenters. The molecule has 0 radical (unpaired) electrons. The van der Waals surface area contributed by atoms with Crippen LogP contribution in [0.5, 0.6) is 5.75 Å². The lowest BCUT2D eigenvalue weighted by Gasteiger charge is -2.07. The van der Waals surface area contributed by atoms with Crippen LogP contribution in [0, 0.1) is 5.82 Å². The number of halogens is 4. The molecule has 0 saturated carbocycles. The Hall–Kier alpha value is -4.67. The van der Waals surface area contributed by atoms with E-state index in [1.165, 1.54) is 18.4 Å². The largest absolute Gasteiger partial charge is 0.487 e. The number of oxazole rings is 2. The Kier molecular flexibility index (Phi) is 6.59. The molecule has 0 bridgehead atoms. The number of hydrogen-bond donors (Lipinski definition) is 0. The van der Waals surface area contributed by atoms with Crippen LogP contribution in [0.1, 0.15) is 28.4 Å². The predicted molar refractivity (Wildman–Crippen MR) is 124 cm³/mol. The topological polar surface area (TPSA) is 79.1 Å². The molecule has 37 heavy (non-hydrogen) atoms. The number of ether oxygens (including phenoxy) is 1. The van der Waals surface area contributed by atoms with E-state index >= 15 is 0 Å². The molecule has 0 aliphatic heterocycles. The van der Waals surface area contributed by atoms with Crippen LogP contribution in [0.3, 0.4) is 0 Å². The number of nitrogens with zero attached hydrogens (tertiary/aromatic N) is 4. The summed E-state index contributed by atoms with van der Waals surface area (Å²) < 4.78 is 70.5. The molecule has 11 heteroatoms. The zero-order valence-electron chi connectivity index (χ0n) is 19.0. The summed E-state index contributed by atoms with van der Waals surface area (Å²) in [6.45, 7) is 0.665. The molecule has 3 heterocycles. The van der Waals surface area contributed by atoms with E-state index in [4.69, 9.17) is 13.6 Å². The van der Waals surface area contributed by atoms with Crippen LogP contribution in [-0.4, -0.2) is 19.5 Å². The molecular weight excluding hydrogens is 492 g/mol. The average molecular weight is 510 g/mol. The van der Waals surface area contributed by atoms with Crippen LogP contribution < -0.4 is 4.74 Å². The van der Waals surface area contributed by atoms with E-state index in [1.807, 2.05) is 22.9 Å². The fraction of sp³-hybridized carbons (Fsp3) is 0.115. The molecule has 0 aliphatic rings. The first-order valence-corrected chi connectivity index (χ1v) is 11.0. The van der Waals surface area contributed by atoms with Crippen LogP contribution >= 0.6 is 0 Å². The maximum atomic E-state index is 14.0. The van der Waals surface area contributed by atoms with Crippen molar-refractivity contribution in [2.45, 2.75) is 19.3 Å². The summed E-state index contributed by atoms with van der Waals surface area (Å²) in [5, 5.41) is 0. The van der Waals surface area contributed by atoms with Gasteiger partial charge in [-0.2, -0.15) is 13.2 Å². The highest BCUT2D eigenvalue weighted by Crippen LogP contribution is 2.30. The quantitative estimate of drug-likeness (QED) is 0.222. The second-order valence-electron chi connectivity index (χ2n) is 7.94. The van der Waals surface area contributed by atoms with Crippen molar-refractivity contribution >= 4 is 12.2 Å². The second-order valence-corrected chi connectivity index (χ2v) is 7.94. The van der Waals surface area contributed by atoms with E-state index in [0.29, 0.717) is 29.9 Å². The van der Waals surface area contributed by atoms with Crippen molar-refractivity contribution in [3.63, 3.8) is 0 Å². The van der Waals surface area contributed by atoms with Gasteiger partial charge in [0.05, 0.1) is 24.1 Å². The van der Waals surface area contributed by atoms with Crippen molar-refractivity contribution in [3.05, 3.63) is 108 Å². The molecule has 2 aromatic carbocycles. The van der Waals surface area contributed by atoms with Gasteiger partial charge in [-0.25, -0.2) is 19.3 Å². The zero-order valence-corrected chi connectivity index (χ0v) is 19.0. The summed E-state index contributed by atoms with van der Waals surface area (Å²) in [6.07, 6.45) is 6.26. The van der Waals surface area contributed by atoms with Crippen LogP contribution in [0.25, 0.3) is 23.6 Å². The highest BCUT2D eigenvalue weighted by atomic mass is 19.4. The van der Waals surface area contributed by atoms with Crippen LogP contribution in [0.2, 0.25) is 0 Å². The van der Waals surface area contributed by atoms with Crippen molar-refractivity contribution in [3.8, 4) is 17.2 Å². The summed E-state index contributed by atoms with van der Waals surface area (Å²) in [6, 6.07) is 9.47. The fourth-order valence-corrected chi connectivity index (χ4v) is 3.40. The summed E-state index contributed by atoms with van der Waals surface area (Å²) in [7, 11) is 0. The van der Waals surface area contributed by atoms with Gasteiger partial charge >= 0.3 is 6.18 Å². The number of imidazole rings is 1. The van der Waals surface area contributed by atoms with E-state index in [1.54, 1.807) is 30.9 Å². The van der Waals surface area contributed by atoms with Gasteiger partial charge in [0.1, 0.15) is 36.4 Å². The van der Waals surface area contributed by atoms with Gasteiger partial charge in [0.2, 0.25) is 11.8 Å². The molecule has 0 N–H and O–H groups in total. The third kappa shape index (κ3) is 5.95. The first kappa shape index (κ1) is 24.0. The molecule has 188 valence electrons. The Bertz CT molecular complexity index is 1500. The third-order valence-corrected chi connectivity index (χ3v) is 5.25. The molecule has 0 aliphatic carbocycles. The summed E-state index contributed by atoms with van der Waals surface area (Å²) in [5.41, 5.74) is 0.956. The monoisotopic (exact) mass is 510 g/mol. The molecule has 0 amide bonds. The third-order valence-electron chi connectivity index (χ3n) is 5.25. The number of benzene rings is 2. The Morgan fingerprint density at radius 2 is 1.76 bits per heavy atom. The Balaban J connectivity index is 1.16. The first-order valence-electron chi connectivity index (χ1n) is 11.0. The van der Waals surface area contributed by atoms with Crippen LogP contribution in [0.15, 0.2) is 82.5 Å². The summed E-state index contributed by atoms with van der Waals surface area (Å²) in [4.78, 5) is 12.7. The number of rotatable bonds is 8. The predicted octanol–water partition coefficient (Wildman–Crippen LogP) is 6.48. The second kappa shape index (κ2) is 10.1. The van der Waals surface area contributed by atoms with Gasteiger partial charge in [-0.05, 0) is 42.5 Å². The van der Waals surface area contributed by atoms with Gasteiger partial charge in [0.25, 0.3) is 0 Å². The van der Waals surface area contributed by atoms with Crippen molar-refractivity contribution in [2.24, 2.45) is 0 Å². The van der Waals surface area contributed by atoms with E-state index in [9.17, 15) is 17.6 Å². The van der Waals surface area contributed by atoms with Gasteiger partial charge in [-0.15, -0.1) is 0 Å². The van der Waals surface area contributed by atoms with Gasteiger partial charge in [-0.3, -0.25) is 0 Å². The molecule has 5 rings (SSSR count). The van der Waals surface area contributed by atoms with Crippen LogP contribution in [0.4, 0.5) is 17.6 Å². The molecule has 0 atom stereocenters. The van der Waals surface area contributed by atoms with Crippen molar-refractivity contribution < 1.29 is 31.1 Å². The van der Waals surface area contributed by atoms with Gasteiger partial charge in [0, 0.05) is 29.6 Å². The molecule has 0 spiro atoms. The lowest BCUT2D eigenvalue weighted by atomic mass is 10.1. The molecule has 0 fully saturated rings. The van der Waals surface area contributed by atoms with Gasteiger partial charge in [-0.1, -0.05) is 6.07 Å². The minimum absolute atomic E-state index is 0.0241. The SMILES string of the molecule is Fc1cc(C(F)(F)F)ccc1/C=C/c1nc(COc2ccc(-c3nc(Cn4ccnc4)co3)cc2)co1. The molecule has 7 nitrogen and oxygen atoms in total. The Morgan fingerprint density at radius 1 is 0.946 bits per heavy atom. The maximum absolute atomic E-state index is 14.0. The minimum Gasteiger partial charge on any atom is -0.487 e. The minimum atomic E-state index is -4.61. The lowest BCUT2D eigenvalue weighted by molar-refractivity contribution is -0.137. The highest BCUT2D eigenvalue weighted by molar-refractivity contribution is 5.66. The first-order chi connectivity index (χ1) is 17.8. The average Bonchev–Trinajstić information content (AvgIpc) is 3.65. The Labute approximate surface area is 207 Å². The number of alkyl halides is 3. The van der Waals surface area contributed by atoms with Crippen molar-refractivity contribution in [2.75, 3.05) is 0 Å². The van der Waals surface area contributed by atoms with E-state index < -0.39 is 17.6 Å². The summed E-state index contributed by atoms with van der Waals surface area (Å²) in [5.74, 6) is 0.229. The molecular formula is C26H18F4N4O3. The van der Waals surface area contributed by atoms with E-state index in [-0.39, 0.29) is 18.1 Å². The summed E-state index contributed by atoms with van der Waals surface area (Å²) >= 11 is 0. The maximum Gasteiger partial charge on any atom is 0.416 e. The fourth-order valence-electron chi connectivity index (χ4n) is 3.40.